The van der Waals surface area contributed by atoms with Gasteiger partial charge in [0, 0.05) is 11.5 Å². The summed E-state index contributed by atoms with van der Waals surface area (Å²) in [4.78, 5) is 0.200. The van der Waals surface area contributed by atoms with Crippen molar-refractivity contribution in [2.24, 2.45) is 0 Å². The highest BCUT2D eigenvalue weighted by Crippen LogP contribution is 2.24. The second kappa shape index (κ2) is 6.21. The van der Waals surface area contributed by atoms with E-state index in [9.17, 15) is 8.42 Å². The van der Waals surface area contributed by atoms with E-state index in [0.717, 1.165) is 5.39 Å². The number of nitrogens with one attached hydrogen (secondary N) is 1. The van der Waals surface area contributed by atoms with Crippen LogP contribution in [0, 0.1) is 0 Å². The molecule has 3 rings (SSSR count). The molecule has 23 heavy (non-hydrogen) atoms. The Morgan fingerprint density at radius 2 is 1.78 bits per heavy atom. The first-order chi connectivity index (χ1) is 11.1. The average Bonchev–Trinajstić information content (AvgIpc) is 2.56. The normalized spacial score (nSPS) is 11.3. The van der Waals surface area contributed by atoms with Crippen LogP contribution >= 0.6 is 0 Å². The molecule has 1 aromatic heterocycles. The zero-order valence-corrected chi connectivity index (χ0v) is 13.2. The predicted octanol–water partition coefficient (Wildman–Crippen LogP) is 2.83. The Labute approximate surface area is 134 Å². The van der Waals surface area contributed by atoms with Crippen LogP contribution in [0.2, 0.25) is 0 Å². The van der Waals surface area contributed by atoms with E-state index in [2.05, 4.69) is 14.9 Å². The average molecular weight is 329 g/mol. The molecule has 0 amide bonds. The first-order valence-electron chi connectivity index (χ1n) is 7.07. The Morgan fingerprint density at radius 1 is 1.00 bits per heavy atom. The quantitative estimate of drug-likeness (QED) is 0.778. The first-order valence-corrected chi connectivity index (χ1v) is 8.55. The molecule has 0 aliphatic rings. The van der Waals surface area contributed by atoms with Gasteiger partial charge in [0.15, 0.2) is 5.82 Å². The summed E-state index contributed by atoms with van der Waals surface area (Å²) >= 11 is 0. The molecule has 1 heterocycles. The zero-order valence-electron chi connectivity index (χ0n) is 12.4. The Bertz CT molecular complexity index is 919. The van der Waals surface area contributed by atoms with Crippen LogP contribution in [0.3, 0.4) is 0 Å². The molecular weight excluding hydrogens is 314 g/mol. The van der Waals surface area contributed by atoms with Crippen molar-refractivity contribution in [1.29, 1.82) is 0 Å². The van der Waals surface area contributed by atoms with E-state index in [1.807, 2.05) is 25.1 Å². The van der Waals surface area contributed by atoms with Crippen LogP contribution in [0.4, 0.5) is 5.82 Å². The number of rotatable bonds is 5. The van der Waals surface area contributed by atoms with Crippen molar-refractivity contribution in [3.63, 3.8) is 0 Å². The molecule has 0 saturated heterocycles. The van der Waals surface area contributed by atoms with Crippen molar-refractivity contribution >= 4 is 26.6 Å². The predicted molar refractivity (Wildman–Crippen MR) is 88.0 cm³/mol. The number of aromatic nitrogens is 2. The Balaban J connectivity index is 1.94. The van der Waals surface area contributed by atoms with E-state index >= 15 is 0 Å². The number of anilines is 1. The molecule has 0 radical (unpaired) electrons. The summed E-state index contributed by atoms with van der Waals surface area (Å²) in [6, 6.07) is 15.5. The van der Waals surface area contributed by atoms with Crippen molar-refractivity contribution in [2.45, 2.75) is 11.8 Å². The number of sulfonamides is 1. The van der Waals surface area contributed by atoms with Crippen LogP contribution < -0.4 is 9.46 Å². The van der Waals surface area contributed by atoms with E-state index in [1.54, 1.807) is 30.3 Å². The highest BCUT2D eigenvalue weighted by atomic mass is 32.2. The second-order valence-electron chi connectivity index (χ2n) is 4.77. The number of fused-ring (bicyclic) bond motifs is 1. The fourth-order valence-electron chi connectivity index (χ4n) is 2.22. The molecule has 0 unspecified atom stereocenters. The van der Waals surface area contributed by atoms with E-state index in [1.165, 1.54) is 6.07 Å². The van der Waals surface area contributed by atoms with Gasteiger partial charge in [0.05, 0.1) is 11.5 Å². The molecule has 0 saturated carbocycles. The van der Waals surface area contributed by atoms with E-state index in [4.69, 9.17) is 4.74 Å². The van der Waals surface area contributed by atoms with Gasteiger partial charge in [0.1, 0.15) is 0 Å². The number of nitrogens with zero attached hydrogens (tertiary/aromatic N) is 2. The van der Waals surface area contributed by atoms with Crippen molar-refractivity contribution < 1.29 is 13.2 Å². The molecule has 0 fully saturated rings. The molecule has 0 aliphatic carbocycles. The fraction of sp³-hybridized carbons (Fsp3) is 0.125. The lowest BCUT2D eigenvalue weighted by atomic mass is 10.1. The molecular formula is C16H15N3O3S. The molecule has 7 heteroatoms. The van der Waals surface area contributed by atoms with Crippen LogP contribution in [0.25, 0.3) is 10.8 Å². The highest BCUT2D eigenvalue weighted by molar-refractivity contribution is 7.93. The maximum Gasteiger partial charge on any atom is 0.263 e. The van der Waals surface area contributed by atoms with Gasteiger partial charge < -0.3 is 4.74 Å². The summed E-state index contributed by atoms with van der Waals surface area (Å²) in [7, 11) is -3.76. The van der Waals surface area contributed by atoms with Gasteiger partial charge in [-0.15, -0.1) is 10.2 Å². The lowest BCUT2D eigenvalue weighted by Crippen LogP contribution is -2.14. The summed E-state index contributed by atoms with van der Waals surface area (Å²) in [6.07, 6.45) is 0. The maximum absolute atomic E-state index is 12.6. The SMILES string of the molecule is CCOc1ccc(NS(=O)(=O)c2cccc3ccccc23)nn1. The minimum absolute atomic E-state index is 0.140. The Hall–Kier alpha value is -2.67. The van der Waals surface area contributed by atoms with E-state index in [-0.39, 0.29) is 10.7 Å². The first kappa shape index (κ1) is 15.2. The minimum atomic E-state index is -3.76. The summed E-state index contributed by atoms with van der Waals surface area (Å²) < 4.78 is 32.9. The van der Waals surface area contributed by atoms with E-state index in [0.29, 0.717) is 17.9 Å². The van der Waals surface area contributed by atoms with Gasteiger partial charge in [-0.1, -0.05) is 36.4 Å². The molecule has 6 nitrogen and oxygen atoms in total. The summed E-state index contributed by atoms with van der Waals surface area (Å²) in [5, 5.41) is 9.14. The largest absolute Gasteiger partial charge is 0.477 e. The molecule has 0 spiro atoms. The van der Waals surface area contributed by atoms with Gasteiger partial charge in [-0.3, -0.25) is 4.72 Å². The lowest BCUT2D eigenvalue weighted by molar-refractivity contribution is 0.323. The van der Waals surface area contributed by atoms with Gasteiger partial charge in [0.25, 0.3) is 10.0 Å². The Kier molecular flexibility index (Phi) is 4.12. The summed E-state index contributed by atoms with van der Waals surface area (Å²) in [6.45, 7) is 2.30. The smallest absolute Gasteiger partial charge is 0.263 e. The third-order valence-corrected chi connectivity index (χ3v) is 4.62. The number of hydrogen-bond acceptors (Lipinski definition) is 5. The summed E-state index contributed by atoms with van der Waals surface area (Å²) in [5.41, 5.74) is 0. The molecule has 0 aliphatic heterocycles. The molecule has 0 bridgehead atoms. The van der Waals surface area contributed by atoms with Gasteiger partial charge in [-0.2, -0.15) is 0 Å². The fourth-order valence-corrected chi connectivity index (χ4v) is 3.45. The van der Waals surface area contributed by atoms with Gasteiger partial charge in [-0.05, 0) is 24.4 Å². The zero-order chi connectivity index (χ0) is 16.3. The van der Waals surface area contributed by atoms with Crippen molar-refractivity contribution in [3.8, 4) is 5.88 Å². The monoisotopic (exact) mass is 329 g/mol. The highest BCUT2D eigenvalue weighted by Gasteiger charge is 2.18. The molecule has 118 valence electrons. The molecule has 3 aromatic rings. The number of ether oxygens (including phenoxy) is 1. The Morgan fingerprint density at radius 3 is 2.52 bits per heavy atom. The van der Waals surface area contributed by atoms with E-state index < -0.39 is 10.0 Å². The van der Waals surface area contributed by atoms with Crippen LogP contribution in [0.1, 0.15) is 6.92 Å². The minimum Gasteiger partial charge on any atom is -0.477 e. The van der Waals surface area contributed by atoms with Crippen LogP contribution in [-0.4, -0.2) is 25.2 Å². The molecule has 0 atom stereocenters. The summed E-state index contributed by atoms with van der Waals surface area (Å²) in [5.74, 6) is 0.488. The van der Waals surface area contributed by atoms with Gasteiger partial charge >= 0.3 is 0 Å². The van der Waals surface area contributed by atoms with Crippen LogP contribution in [-0.2, 0) is 10.0 Å². The number of benzene rings is 2. The van der Waals surface area contributed by atoms with Crippen molar-refractivity contribution in [2.75, 3.05) is 11.3 Å². The van der Waals surface area contributed by atoms with Crippen molar-refractivity contribution in [3.05, 3.63) is 54.6 Å². The molecule has 1 N–H and O–H groups in total. The lowest BCUT2D eigenvalue weighted by Gasteiger charge is -2.10. The standard InChI is InChI=1S/C16H15N3O3S/c1-2-22-16-11-10-15(17-18-16)19-23(20,21)14-9-5-7-12-6-3-4-8-13(12)14/h3-11H,2H2,1H3,(H,17,19). The van der Waals surface area contributed by atoms with Gasteiger partial charge in [-0.25, -0.2) is 8.42 Å². The van der Waals surface area contributed by atoms with Crippen LogP contribution in [0.15, 0.2) is 59.5 Å². The second-order valence-corrected chi connectivity index (χ2v) is 6.42. The molecule has 2 aromatic carbocycles. The van der Waals surface area contributed by atoms with Gasteiger partial charge in [0.2, 0.25) is 5.88 Å². The van der Waals surface area contributed by atoms with Crippen molar-refractivity contribution in [1.82, 2.24) is 10.2 Å². The number of hydrogen-bond donors (Lipinski definition) is 1. The third-order valence-electron chi connectivity index (χ3n) is 3.21. The maximum atomic E-state index is 12.6. The van der Waals surface area contributed by atoms with Crippen LogP contribution in [0.5, 0.6) is 5.88 Å². The third kappa shape index (κ3) is 3.24. The topological polar surface area (TPSA) is 81.2 Å².